The third kappa shape index (κ3) is 5.70. The number of ether oxygens (including phenoxy) is 1. The Bertz CT molecular complexity index is 1140. The molecule has 1 aromatic heterocycles. The van der Waals surface area contributed by atoms with E-state index in [1.165, 1.54) is 12.1 Å². The quantitative estimate of drug-likeness (QED) is 0.538. The van der Waals surface area contributed by atoms with Crippen LogP contribution in [0.4, 0.5) is 10.1 Å². The number of carbonyl (C=O) groups excluding carboxylic acids is 1. The van der Waals surface area contributed by atoms with E-state index >= 15 is 0 Å². The maximum Gasteiger partial charge on any atom is 0.222 e. The predicted octanol–water partition coefficient (Wildman–Crippen LogP) is 4.00. The summed E-state index contributed by atoms with van der Waals surface area (Å²) in [6.45, 7) is 4.73. The van der Waals surface area contributed by atoms with Crippen LogP contribution in [0.2, 0.25) is 0 Å². The average molecular weight is 493 g/mol. The first-order valence-corrected chi connectivity index (χ1v) is 12.7. The summed E-state index contributed by atoms with van der Waals surface area (Å²) in [5.74, 6) is 2.18. The first kappa shape index (κ1) is 24.3. The molecule has 1 amide bonds. The number of hydrogen-bond acceptors (Lipinski definition) is 6. The number of piperidine rings is 1. The van der Waals surface area contributed by atoms with Crippen LogP contribution in [0.1, 0.15) is 18.5 Å². The van der Waals surface area contributed by atoms with Crippen LogP contribution in [0.15, 0.2) is 59.1 Å². The van der Waals surface area contributed by atoms with Crippen molar-refractivity contribution in [2.75, 3.05) is 51.3 Å². The Morgan fingerprint density at radius 2 is 1.83 bits per heavy atom. The van der Waals surface area contributed by atoms with Gasteiger partial charge in [-0.2, -0.15) is 0 Å². The molecule has 0 radical (unpaired) electrons. The molecule has 1 N–H and O–H groups in total. The Kier molecular flexibility index (Phi) is 7.51. The molecular weight excluding hydrogens is 459 g/mol. The molecule has 3 aromatic rings. The van der Waals surface area contributed by atoms with Gasteiger partial charge in [0.25, 0.3) is 0 Å². The fourth-order valence-electron chi connectivity index (χ4n) is 5.27. The molecule has 5 rings (SSSR count). The number of rotatable bonds is 7. The van der Waals surface area contributed by atoms with E-state index < -0.39 is 0 Å². The third-order valence-corrected chi connectivity index (χ3v) is 7.43. The molecular formula is C28H33FN4O3. The van der Waals surface area contributed by atoms with Crippen LogP contribution in [-0.2, 0) is 11.2 Å². The minimum atomic E-state index is -0.230. The lowest BCUT2D eigenvalue weighted by molar-refractivity contribution is -0.133. The molecule has 2 aromatic carbocycles. The monoisotopic (exact) mass is 492 g/mol. The van der Waals surface area contributed by atoms with Crippen LogP contribution >= 0.6 is 0 Å². The summed E-state index contributed by atoms with van der Waals surface area (Å²) in [5, 5.41) is 7.80. The minimum absolute atomic E-state index is 0.227. The molecule has 36 heavy (non-hydrogen) atoms. The maximum atomic E-state index is 13.2. The van der Waals surface area contributed by atoms with E-state index in [9.17, 15) is 9.18 Å². The predicted molar refractivity (Wildman–Crippen MR) is 136 cm³/mol. The highest BCUT2D eigenvalue weighted by Gasteiger charge is 2.31. The van der Waals surface area contributed by atoms with Gasteiger partial charge in [-0.3, -0.25) is 4.79 Å². The number of benzene rings is 2. The summed E-state index contributed by atoms with van der Waals surface area (Å²) < 4.78 is 24.1. The number of carbonyl (C=O) groups is 1. The van der Waals surface area contributed by atoms with Gasteiger partial charge in [0, 0.05) is 49.9 Å². The molecule has 2 fully saturated rings. The lowest BCUT2D eigenvalue weighted by Crippen LogP contribution is -2.50. The van der Waals surface area contributed by atoms with Gasteiger partial charge < -0.3 is 24.4 Å². The Morgan fingerprint density at radius 1 is 1.08 bits per heavy atom. The van der Waals surface area contributed by atoms with E-state index in [0.29, 0.717) is 31.3 Å². The van der Waals surface area contributed by atoms with E-state index in [1.54, 1.807) is 19.2 Å². The van der Waals surface area contributed by atoms with Gasteiger partial charge in [-0.05, 0) is 86.3 Å². The topological polar surface area (TPSA) is 70.8 Å². The molecule has 2 saturated heterocycles. The van der Waals surface area contributed by atoms with E-state index in [-0.39, 0.29) is 11.7 Å². The van der Waals surface area contributed by atoms with E-state index in [1.807, 2.05) is 35.2 Å². The number of hydrogen-bond donors (Lipinski definition) is 1. The first-order chi connectivity index (χ1) is 17.6. The Morgan fingerprint density at radius 3 is 2.56 bits per heavy atom. The van der Waals surface area contributed by atoms with E-state index in [4.69, 9.17) is 9.26 Å². The fourth-order valence-corrected chi connectivity index (χ4v) is 5.27. The highest BCUT2D eigenvalue weighted by atomic mass is 19.1. The van der Waals surface area contributed by atoms with Gasteiger partial charge >= 0.3 is 0 Å². The van der Waals surface area contributed by atoms with Gasteiger partial charge in [-0.25, -0.2) is 4.39 Å². The Hall–Kier alpha value is -3.39. The van der Waals surface area contributed by atoms with Crippen molar-refractivity contribution in [3.63, 3.8) is 0 Å². The zero-order valence-corrected chi connectivity index (χ0v) is 20.7. The molecule has 0 bridgehead atoms. The molecule has 7 nitrogen and oxygen atoms in total. The Labute approximate surface area is 211 Å². The molecule has 0 aliphatic carbocycles. The van der Waals surface area contributed by atoms with Gasteiger partial charge in [-0.1, -0.05) is 5.16 Å². The lowest BCUT2D eigenvalue weighted by Gasteiger charge is -2.38. The smallest absolute Gasteiger partial charge is 0.222 e. The number of halogens is 1. The molecule has 2 unspecified atom stereocenters. The lowest BCUT2D eigenvalue weighted by atomic mass is 9.81. The molecule has 0 spiro atoms. The van der Waals surface area contributed by atoms with Gasteiger partial charge in [0.05, 0.1) is 12.8 Å². The number of nitrogens with zero attached hydrogens (tertiary/aromatic N) is 3. The molecule has 0 saturated carbocycles. The summed E-state index contributed by atoms with van der Waals surface area (Å²) in [4.78, 5) is 17.4. The number of methoxy groups -OCH3 is 1. The van der Waals surface area contributed by atoms with Crippen LogP contribution in [0.3, 0.4) is 0 Å². The summed E-state index contributed by atoms with van der Waals surface area (Å²) in [5.41, 5.74) is 2.88. The number of nitrogens with one attached hydrogen (secondary N) is 1. The van der Waals surface area contributed by atoms with Crippen LogP contribution in [0, 0.1) is 17.7 Å². The van der Waals surface area contributed by atoms with Crippen molar-refractivity contribution in [2.45, 2.75) is 19.3 Å². The minimum Gasteiger partial charge on any atom is -0.497 e. The molecule has 190 valence electrons. The van der Waals surface area contributed by atoms with Crippen molar-refractivity contribution in [3.8, 4) is 17.1 Å². The van der Waals surface area contributed by atoms with Crippen LogP contribution in [-0.4, -0.2) is 62.3 Å². The number of piperazine rings is 1. The van der Waals surface area contributed by atoms with Crippen molar-refractivity contribution in [1.82, 2.24) is 15.4 Å². The van der Waals surface area contributed by atoms with Gasteiger partial charge in [0.15, 0.2) is 5.76 Å². The van der Waals surface area contributed by atoms with Crippen LogP contribution in [0.5, 0.6) is 5.75 Å². The molecule has 2 atom stereocenters. The van der Waals surface area contributed by atoms with Gasteiger partial charge in [0.2, 0.25) is 5.91 Å². The zero-order chi connectivity index (χ0) is 24.9. The fraction of sp³-hybridized carbons (Fsp3) is 0.429. The second-order valence-corrected chi connectivity index (χ2v) is 9.68. The Balaban J connectivity index is 1.16. The summed E-state index contributed by atoms with van der Waals surface area (Å²) >= 11 is 0. The van der Waals surface area contributed by atoms with E-state index in [2.05, 4.69) is 15.4 Å². The van der Waals surface area contributed by atoms with Crippen molar-refractivity contribution < 1.29 is 18.4 Å². The highest BCUT2D eigenvalue weighted by molar-refractivity contribution is 5.77. The standard InChI is InChI=1S/C28H33FN4O3/c1-35-26-8-2-20(3-9-26)27-18-24(31-36-27)16-22-19-30-11-10-21(22)17-28(34)33-14-12-32(13-15-33)25-6-4-23(29)5-7-25/h2-9,18,21-22,30H,10-17,19H2,1H3. The van der Waals surface area contributed by atoms with Crippen molar-refractivity contribution in [2.24, 2.45) is 11.8 Å². The first-order valence-electron chi connectivity index (χ1n) is 12.7. The largest absolute Gasteiger partial charge is 0.497 e. The summed E-state index contributed by atoms with van der Waals surface area (Å²) in [6.07, 6.45) is 2.32. The van der Waals surface area contributed by atoms with Gasteiger partial charge in [-0.15, -0.1) is 0 Å². The van der Waals surface area contributed by atoms with Crippen LogP contribution in [0.25, 0.3) is 11.3 Å². The molecule has 8 heteroatoms. The van der Waals surface area contributed by atoms with Crippen molar-refractivity contribution in [3.05, 3.63) is 66.1 Å². The summed E-state index contributed by atoms with van der Waals surface area (Å²) in [7, 11) is 1.65. The second-order valence-electron chi connectivity index (χ2n) is 9.68. The third-order valence-electron chi connectivity index (χ3n) is 7.43. The van der Waals surface area contributed by atoms with Crippen molar-refractivity contribution in [1.29, 1.82) is 0 Å². The normalized spacial score (nSPS) is 20.4. The van der Waals surface area contributed by atoms with Crippen molar-refractivity contribution >= 4 is 11.6 Å². The van der Waals surface area contributed by atoms with Gasteiger partial charge in [0.1, 0.15) is 11.6 Å². The number of anilines is 1. The maximum absolute atomic E-state index is 13.2. The number of aromatic nitrogens is 1. The molecule has 3 heterocycles. The second kappa shape index (κ2) is 11.1. The molecule has 2 aliphatic rings. The van der Waals surface area contributed by atoms with Crippen LogP contribution < -0.4 is 15.0 Å². The average Bonchev–Trinajstić information content (AvgIpc) is 3.39. The summed E-state index contributed by atoms with van der Waals surface area (Å²) in [6, 6.07) is 16.3. The number of amides is 1. The molecule has 2 aliphatic heterocycles. The SMILES string of the molecule is COc1ccc(-c2cc(CC3CNCCC3CC(=O)N3CCN(c4ccc(F)cc4)CC3)no2)cc1. The zero-order valence-electron chi connectivity index (χ0n) is 20.7. The van der Waals surface area contributed by atoms with E-state index in [0.717, 1.165) is 67.5 Å². The highest BCUT2D eigenvalue weighted by Crippen LogP contribution is 2.29.